The number of sulfone groups is 1. The molecule has 3 aromatic rings. The summed E-state index contributed by atoms with van der Waals surface area (Å²) in [5.74, 6) is 1.32. The van der Waals surface area contributed by atoms with Crippen LogP contribution in [0.25, 0.3) is 10.8 Å². The third kappa shape index (κ3) is 5.74. The summed E-state index contributed by atoms with van der Waals surface area (Å²) in [6.07, 6.45) is 5.54. The lowest BCUT2D eigenvalue weighted by molar-refractivity contribution is 0.0235. The van der Waals surface area contributed by atoms with E-state index in [1.54, 1.807) is 31.6 Å². The summed E-state index contributed by atoms with van der Waals surface area (Å²) in [6, 6.07) is 5.30. The summed E-state index contributed by atoms with van der Waals surface area (Å²) in [5, 5.41) is 4.73. The first kappa shape index (κ1) is 28.2. The third-order valence-corrected chi connectivity index (χ3v) is 8.71. The zero-order chi connectivity index (χ0) is 28.8. The number of carbonyl (C=O) groups is 1. The van der Waals surface area contributed by atoms with Gasteiger partial charge in [0.05, 0.1) is 34.5 Å². The summed E-state index contributed by atoms with van der Waals surface area (Å²) < 4.78 is 40.2. The molecule has 0 radical (unpaired) electrons. The van der Waals surface area contributed by atoms with E-state index in [2.05, 4.69) is 15.3 Å². The Kier molecular flexibility index (Phi) is 7.45. The average molecular weight is 570 g/mol. The Morgan fingerprint density at radius 3 is 2.60 bits per heavy atom. The molecule has 214 valence electrons. The molecule has 5 rings (SSSR count). The number of cyclic esters (lactones) is 1. The lowest BCUT2D eigenvalue weighted by Crippen LogP contribution is -2.39. The molecule has 1 aliphatic carbocycles. The zero-order valence-corrected chi connectivity index (χ0v) is 24.1. The maximum absolute atomic E-state index is 12.3. The zero-order valence-electron chi connectivity index (χ0n) is 23.3. The van der Waals surface area contributed by atoms with Crippen LogP contribution in [0.5, 0.6) is 5.88 Å². The number of anilines is 2. The summed E-state index contributed by atoms with van der Waals surface area (Å²) in [4.78, 5) is 26.2. The molecule has 3 atom stereocenters. The monoisotopic (exact) mass is 569 g/mol. The Morgan fingerprint density at radius 2 is 1.90 bits per heavy atom. The van der Waals surface area contributed by atoms with Crippen molar-refractivity contribution in [3.05, 3.63) is 47.4 Å². The van der Waals surface area contributed by atoms with Gasteiger partial charge in [0.25, 0.3) is 0 Å². The first-order chi connectivity index (χ1) is 18.8. The molecule has 2 aliphatic rings. The molecule has 1 aliphatic heterocycles. The van der Waals surface area contributed by atoms with Gasteiger partial charge >= 0.3 is 5.97 Å². The van der Waals surface area contributed by atoms with Crippen LogP contribution in [0.4, 0.5) is 11.6 Å². The van der Waals surface area contributed by atoms with Gasteiger partial charge in [-0.3, -0.25) is 0 Å². The van der Waals surface area contributed by atoms with E-state index in [0.717, 1.165) is 10.9 Å². The van der Waals surface area contributed by atoms with Gasteiger partial charge in [0.2, 0.25) is 5.88 Å². The molecule has 4 heterocycles. The van der Waals surface area contributed by atoms with Crippen LogP contribution < -0.4 is 15.8 Å². The number of fused-ring (bicyclic) bond motifs is 2. The summed E-state index contributed by atoms with van der Waals surface area (Å²) in [5.41, 5.74) is 7.70. The molecule has 0 bridgehead atoms. The lowest BCUT2D eigenvalue weighted by Gasteiger charge is -2.35. The second-order valence-electron chi connectivity index (χ2n) is 11.3. The highest BCUT2D eigenvalue weighted by Crippen LogP contribution is 2.37. The van der Waals surface area contributed by atoms with Crippen LogP contribution in [-0.4, -0.2) is 67.3 Å². The molecular weight excluding hydrogens is 534 g/mol. The molecule has 40 heavy (non-hydrogen) atoms. The highest BCUT2D eigenvalue weighted by Gasteiger charge is 2.35. The Balaban J connectivity index is 1.46. The molecule has 3 N–H and O–H groups in total. The van der Waals surface area contributed by atoms with E-state index >= 15 is 0 Å². The SMILES string of the molecule is COCC(C)(N)c1cnc(O[C@H]2C[C@@H](CS(C)(=O)=O)C2)c2cnc(Nc3ccc4c(n3)[C@@H](C)[C@H](C)OC4=O)cc12. The molecule has 1 fully saturated rings. The van der Waals surface area contributed by atoms with Crippen molar-refractivity contribution in [2.75, 3.05) is 31.0 Å². The molecule has 1 saturated carbocycles. The van der Waals surface area contributed by atoms with E-state index in [0.29, 0.717) is 47.0 Å². The van der Waals surface area contributed by atoms with E-state index in [1.807, 2.05) is 26.8 Å². The van der Waals surface area contributed by atoms with Crippen LogP contribution >= 0.6 is 0 Å². The van der Waals surface area contributed by atoms with Crippen LogP contribution in [0, 0.1) is 5.92 Å². The number of nitrogens with one attached hydrogen (secondary N) is 1. The molecule has 1 unspecified atom stereocenters. The number of ether oxygens (including phenoxy) is 3. The number of methoxy groups -OCH3 is 1. The minimum Gasteiger partial charge on any atom is -0.474 e. The average Bonchev–Trinajstić information content (AvgIpc) is 2.85. The standard InChI is InChI=1S/C28H35N5O6S/c1-15-16(2)38-27(34)19-6-7-23(33-25(15)19)32-24-10-20-21(11-30-24)26(31-12-22(20)28(3,29)14-37-4)39-18-8-17(9-18)13-40(5,35)36/h6-7,10-12,15-18H,8-9,13-14,29H2,1-5H3,(H,30,32,33)/t15-,16-,17-,18+,28?/m0/s1. The van der Waals surface area contributed by atoms with Crippen molar-refractivity contribution in [1.29, 1.82) is 0 Å². The molecule has 0 saturated heterocycles. The predicted molar refractivity (Wildman–Crippen MR) is 151 cm³/mol. The number of rotatable bonds is 9. The number of carbonyl (C=O) groups excluding carboxylic acids is 1. The molecule has 3 aromatic heterocycles. The van der Waals surface area contributed by atoms with Crippen LogP contribution in [0.3, 0.4) is 0 Å². The quantitative estimate of drug-likeness (QED) is 0.364. The van der Waals surface area contributed by atoms with Gasteiger partial charge in [0, 0.05) is 37.2 Å². The first-order valence-electron chi connectivity index (χ1n) is 13.2. The number of hydrogen-bond acceptors (Lipinski definition) is 11. The van der Waals surface area contributed by atoms with E-state index < -0.39 is 15.4 Å². The van der Waals surface area contributed by atoms with Gasteiger partial charge in [0.1, 0.15) is 33.7 Å². The summed E-state index contributed by atoms with van der Waals surface area (Å²) in [7, 11) is -1.44. The Morgan fingerprint density at radius 1 is 1.15 bits per heavy atom. The number of esters is 1. The molecule has 0 amide bonds. The van der Waals surface area contributed by atoms with Gasteiger partial charge in [-0.05, 0) is 56.2 Å². The molecule has 0 aromatic carbocycles. The van der Waals surface area contributed by atoms with E-state index in [-0.39, 0.29) is 42.4 Å². The van der Waals surface area contributed by atoms with E-state index in [4.69, 9.17) is 24.9 Å². The fourth-order valence-corrected chi connectivity index (χ4v) is 6.48. The van der Waals surface area contributed by atoms with Crippen molar-refractivity contribution in [3.63, 3.8) is 0 Å². The molecule has 11 nitrogen and oxygen atoms in total. The van der Waals surface area contributed by atoms with E-state index in [1.165, 1.54) is 6.26 Å². The van der Waals surface area contributed by atoms with Crippen molar-refractivity contribution in [2.45, 2.75) is 57.3 Å². The van der Waals surface area contributed by atoms with Crippen molar-refractivity contribution in [3.8, 4) is 5.88 Å². The maximum Gasteiger partial charge on any atom is 0.340 e. The minimum absolute atomic E-state index is 0.0491. The number of aromatic nitrogens is 3. The van der Waals surface area contributed by atoms with Crippen molar-refractivity contribution in [1.82, 2.24) is 15.0 Å². The highest BCUT2D eigenvalue weighted by atomic mass is 32.2. The second kappa shape index (κ2) is 10.6. The predicted octanol–water partition coefficient (Wildman–Crippen LogP) is 3.45. The molecule has 0 spiro atoms. The third-order valence-electron chi connectivity index (χ3n) is 7.63. The normalized spacial score (nSPS) is 24.0. The Labute approximate surface area is 233 Å². The number of nitrogens with two attached hydrogens (primary N) is 1. The Bertz CT molecular complexity index is 1550. The van der Waals surface area contributed by atoms with Gasteiger partial charge in [-0.1, -0.05) is 6.92 Å². The largest absolute Gasteiger partial charge is 0.474 e. The van der Waals surface area contributed by atoms with Crippen molar-refractivity contribution >= 4 is 38.2 Å². The summed E-state index contributed by atoms with van der Waals surface area (Å²) in [6.45, 7) is 5.97. The molecule has 12 heteroatoms. The second-order valence-corrected chi connectivity index (χ2v) is 13.5. The van der Waals surface area contributed by atoms with Crippen LogP contribution in [0.2, 0.25) is 0 Å². The van der Waals surface area contributed by atoms with Gasteiger partial charge in [-0.2, -0.15) is 0 Å². The summed E-state index contributed by atoms with van der Waals surface area (Å²) >= 11 is 0. The topological polar surface area (TPSA) is 156 Å². The van der Waals surface area contributed by atoms with Gasteiger partial charge in [-0.25, -0.2) is 28.2 Å². The van der Waals surface area contributed by atoms with Crippen LogP contribution in [0.1, 0.15) is 61.1 Å². The minimum atomic E-state index is -3.03. The van der Waals surface area contributed by atoms with Crippen LogP contribution in [-0.2, 0) is 24.8 Å². The number of nitrogens with zero attached hydrogens (tertiary/aromatic N) is 3. The first-order valence-corrected chi connectivity index (χ1v) is 15.3. The van der Waals surface area contributed by atoms with Gasteiger partial charge < -0.3 is 25.3 Å². The van der Waals surface area contributed by atoms with Gasteiger partial charge in [0.15, 0.2) is 0 Å². The van der Waals surface area contributed by atoms with Crippen LogP contribution in [0.15, 0.2) is 30.6 Å². The van der Waals surface area contributed by atoms with E-state index in [9.17, 15) is 13.2 Å². The highest BCUT2D eigenvalue weighted by molar-refractivity contribution is 7.90. The van der Waals surface area contributed by atoms with Crippen molar-refractivity contribution in [2.24, 2.45) is 11.7 Å². The fraction of sp³-hybridized carbons (Fsp3) is 0.500. The van der Waals surface area contributed by atoms with Gasteiger partial charge in [-0.15, -0.1) is 0 Å². The number of pyridine rings is 3. The smallest absolute Gasteiger partial charge is 0.340 e. The number of hydrogen-bond donors (Lipinski definition) is 2. The Hall–Kier alpha value is -3.35. The molecular formula is C28H35N5O6S. The maximum atomic E-state index is 12.3. The fourth-order valence-electron chi connectivity index (χ4n) is 5.35. The lowest BCUT2D eigenvalue weighted by atomic mass is 9.84. The van der Waals surface area contributed by atoms with Crippen molar-refractivity contribution < 1.29 is 27.4 Å².